The van der Waals surface area contributed by atoms with Crippen LogP contribution in [0, 0.1) is 0 Å². The number of carbonyl (C=O) groups excluding carboxylic acids is 3. The number of carboxylic acid groups (broad SMARTS) is 1. The molecule has 5 rings (SSSR count). The van der Waals surface area contributed by atoms with E-state index in [1.165, 1.54) is 0 Å². The van der Waals surface area contributed by atoms with Crippen molar-refractivity contribution in [3.63, 3.8) is 0 Å². The molecule has 3 aromatic carbocycles. The molecule has 52 heavy (non-hydrogen) atoms. The number of aliphatic carboxylic acids is 1. The van der Waals surface area contributed by atoms with Crippen molar-refractivity contribution in [2.45, 2.75) is 84.2 Å². The maximum Gasteiger partial charge on any atom is 0.407 e. The van der Waals surface area contributed by atoms with E-state index in [0.29, 0.717) is 43.9 Å². The van der Waals surface area contributed by atoms with Crippen LogP contribution in [0.2, 0.25) is 0 Å². The lowest BCUT2D eigenvalue weighted by Crippen LogP contribution is -2.51. The van der Waals surface area contributed by atoms with Gasteiger partial charge in [0.05, 0.1) is 6.54 Å². The second-order valence-electron chi connectivity index (χ2n) is 14.4. The molecule has 1 aliphatic rings. The molecule has 0 aliphatic carbocycles. The van der Waals surface area contributed by atoms with Crippen LogP contribution in [0.4, 0.5) is 10.5 Å². The number of benzene rings is 3. The number of anilines is 1. The molecule has 1 aromatic heterocycles. The number of aryl methyl sites for hydroxylation is 1. The number of nitrogens with one attached hydrogen (secondary N) is 3. The van der Waals surface area contributed by atoms with Crippen molar-refractivity contribution in [1.82, 2.24) is 36.2 Å². The molecule has 0 saturated carbocycles. The SMILES string of the molecule is CC(C)(CC(=O)N[C@@H]1CCc2ccccc2N(Cc2ccc(-c3ccccc3-c3nnn(CC(=O)O)n3)cc2)C1=O)NCCNC(=O)OC(C)(C)C. The summed E-state index contributed by atoms with van der Waals surface area (Å²) in [7, 11) is 0. The van der Waals surface area contributed by atoms with Crippen LogP contribution in [0.25, 0.3) is 22.5 Å². The molecule has 1 atom stereocenters. The van der Waals surface area contributed by atoms with Gasteiger partial charge >= 0.3 is 12.1 Å². The third-order valence-electron chi connectivity index (χ3n) is 8.39. The summed E-state index contributed by atoms with van der Waals surface area (Å²) in [5.41, 5.74) is 4.00. The number of fused-ring (bicyclic) bond motifs is 1. The number of carbonyl (C=O) groups is 4. The molecular formula is C38H46N8O6. The largest absolute Gasteiger partial charge is 0.480 e. The van der Waals surface area contributed by atoms with E-state index in [4.69, 9.17) is 9.84 Å². The first-order valence-electron chi connectivity index (χ1n) is 17.3. The summed E-state index contributed by atoms with van der Waals surface area (Å²) in [4.78, 5) is 53.3. The zero-order valence-electron chi connectivity index (χ0n) is 30.2. The maximum absolute atomic E-state index is 14.1. The van der Waals surface area contributed by atoms with Gasteiger partial charge in [0, 0.05) is 36.3 Å². The lowest BCUT2D eigenvalue weighted by molar-refractivity contribution is -0.138. The normalized spacial score (nSPS) is 14.7. The molecular weight excluding hydrogens is 664 g/mol. The van der Waals surface area contributed by atoms with Gasteiger partial charge in [0.15, 0.2) is 6.54 Å². The summed E-state index contributed by atoms with van der Waals surface area (Å²) in [6.45, 7) is 9.87. The smallest absolute Gasteiger partial charge is 0.407 e. The Kier molecular flexibility index (Phi) is 11.7. The number of aromatic nitrogens is 4. The highest BCUT2D eigenvalue weighted by Gasteiger charge is 2.33. The Labute approximate surface area is 302 Å². The second-order valence-corrected chi connectivity index (χ2v) is 14.4. The number of carboxylic acids is 1. The fourth-order valence-electron chi connectivity index (χ4n) is 6.04. The van der Waals surface area contributed by atoms with Gasteiger partial charge in [-0.25, -0.2) is 4.79 Å². The molecule has 4 aromatic rings. The van der Waals surface area contributed by atoms with Gasteiger partial charge in [0.2, 0.25) is 17.6 Å². The first-order chi connectivity index (χ1) is 24.7. The summed E-state index contributed by atoms with van der Waals surface area (Å²) in [6, 6.07) is 22.5. The molecule has 4 N–H and O–H groups in total. The first kappa shape index (κ1) is 37.6. The highest BCUT2D eigenvalue weighted by Crippen LogP contribution is 2.32. The third-order valence-corrected chi connectivity index (χ3v) is 8.39. The number of amides is 3. The average Bonchev–Trinajstić information content (AvgIpc) is 3.49. The van der Waals surface area contributed by atoms with E-state index >= 15 is 0 Å². The highest BCUT2D eigenvalue weighted by molar-refractivity contribution is 6.00. The fourth-order valence-corrected chi connectivity index (χ4v) is 6.04. The minimum absolute atomic E-state index is 0.129. The van der Waals surface area contributed by atoms with Crippen molar-refractivity contribution >= 4 is 29.6 Å². The standard InChI is InChI=1S/C38H46N8O6/c1-37(2,3)52-36(51)39-20-21-40-38(4,5)22-32(47)41-30-19-18-27-10-6-9-13-31(27)45(35(30)50)23-25-14-16-26(17-15-25)28-11-7-8-12-29(28)34-42-44-46(43-34)24-33(48)49/h6-17,30,40H,18-24H2,1-5H3,(H,39,51)(H,41,47)(H,48,49)/t30-/m1/s1. The molecule has 14 nitrogen and oxygen atoms in total. The molecule has 0 bridgehead atoms. The van der Waals surface area contributed by atoms with Crippen molar-refractivity contribution in [2.75, 3.05) is 18.0 Å². The van der Waals surface area contributed by atoms with Gasteiger partial charge in [0.25, 0.3) is 0 Å². The van der Waals surface area contributed by atoms with E-state index in [0.717, 1.165) is 32.7 Å². The maximum atomic E-state index is 14.1. The number of nitrogens with zero attached hydrogens (tertiary/aromatic N) is 5. The number of hydrogen-bond acceptors (Lipinski definition) is 9. The van der Waals surface area contributed by atoms with Crippen molar-refractivity contribution in [3.05, 3.63) is 83.9 Å². The van der Waals surface area contributed by atoms with Crippen molar-refractivity contribution in [1.29, 1.82) is 0 Å². The van der Waals surface area contributed by atoms with Gasteiger partial charge in [-0.1, -0.05) is 66.7 Å². The van der Waals surface area contributed by atoms with Crippen molar-refractivity contribution in [2.24, 2.45) is 0 Å². The lowest BCUT2D eigenvalue weighted by Gasteiger charge is -2.29. The van der Waals surface area contributed by atoms with Crippen LogP contribution < -0.4 is 20.9 Å². The minimum atomic E-state index is -1.06. The monoisotopic (exact) mass is 710 g/mol. The minimum Gasteiger partial charge on any atom is -0.480 e. The summed E-state index contributed by atoms with van der Waals surface area (Å²) >= 11 is 0. The lowest BCUT2D eigenvalue weighted by atomic mass is 9.98. The number of ether oxygens (including phenoxy) is 1. The average molecular weight is 711 g/mol. The van der Waals surface area contributed by atoms with Gasteiger partial charge in [-0.05, 0) is 81.0 Å². The van der Waals surface area contributed by atoms with Gasteiger partial charge in [-0.3, -0.25) is 14.4 Å². The summed E-state index contributed by atoms with van der Waals surface area (Å²) in [5, 5.41) is 30.3. The van der Waals surface area contributed by atoms with Crippen molar-refractivity contribution in [3.8, 4) is 22.5 Å². The predicted molar refractivity (Wildman–Crippen MR) is 195 cm³/mol. The summed E-state index contributed by atoms with van der Waals surface area (Å²) in [5.74, 6) is -1.18. The summed E-state index contributed by atoms with van der Waals surface area (Å²) in [6.07, 6.45) is 0.720. The van der Waals surface area contributed by atoms with Crippen molar-refractivity contribution < 1.29 is 29.0 Å². The Balaban J connectivity index is 1.25. The molecule has 1 aliphatic heterocycles. The van der Waals surface area contributed by atoms with Crippen LogP contribution >= 0.6 is 0 Å². The Morgan fingerprint density at radius 1 is 0.923 bits per heavy atom. The molecule has 0 spiro atoms. The molecule has 274 valence electrons. The van der Waals surface area contributed by atoms with E-state index in [2.05, 4.69) is 31.4 Å². The molecule has 0 radical (unpaired) electrons. The third kappa shape index (κ3) is 10.2. The van der Waals surface area contributed by atoms with Crippen LogP contribution in [-0.4, -0.2) is 79.5 Å². The Bertz CT molecular complexity index is 1900. The fraction of sp³-hybridized carbons (Fsp3) is 0.395. The summed E-state index contributed by atoms with van der Waals surface area (Å²) < 4.78 is 5.26. The highest BCUT2D eigenvalue weighted by atomic mass is 16.6. The molecule has 0 unspecified atom stereocenters. The quantitative estimate of drug-likeness (QED) is 0.146. The number of tetrazole rings is 1. The van der Waals surface area contributed by atoms with Crippen LogP contribution in [-0.2, 0) is 38.6 Å². The van der Waals surface area contributed by atoms with Gasteiger partial charge < -0.3 is 30.7 Å². The van der Waals surface area contributed by atoms with E-state index in [-0.39, 0.29) is 18.2 Å². The molecule has 0 saturated heterocycles. The van der Waals surface area contributed by atoms with E-state index in [1.54, 1.807) is 25.7 Å². The predicted octanol–water partition coefficient (Wildman–Crippen LogP) is 4.34. The van der Waals surface area contributed by atoms with Crippen LogP contribution in [0.15, 0.2) is 72.8 Å². The zero-order chi connectivity index (χ0) is 37.5. The van der Waals surface area contributed by atoms with Gasteiger partial charge in [0.1, 0.15) is 11.6 Å². The van der Waals surface area contributed by atoms with Crippen LogP contribution in [0.5, 0.6) is 0 Å². The van der Waals surface area contributed by atoms with E-state index < -0.39 is 35.8 Å². The number of para-hydroxylation sites is 1. The van der Waals surface area contributed by atoms with E-state index in [9.17, 15) is 19.2 Å². The van der Waals surface area contributed by atoms with E-state index in [1.807, 2.05) is 86.6 Å². The molecule has 3 amide bonds. The molecule has 2 heterocycles. The first-order valence-corrected chi connectivity index (χ1v) is 17.3. The van der Waals surface area contributed by atoms with Crippen LogP contribution in [0.3, 0.4) is 0 Å². The zero-order valence-corrected chi connectivity index (χ0v) is 30.2. The Hall–Kier alpha value is -5.63. The topological polar surface area (TPSA) is 181 Å². The van der Waals surface area contributed by atoms with Crippen LogP contribution in [0.1, 0.15) is 58.6 Å². The number of hydrogen-bond donors (Lipinski definition) is 4. The van der Waals surface area contributed by atoms with Gasteiger partial charge in [-0.15, -0.1) is 10.2 Å². The Morgan fingerprint density at radius 3 is 2.33 bits per heavy atom. The molecule has 0 fully saturated rings. The molecule has 14 heteroatoms. The number of alkyl carbamates (subject to hydrolysis) is 1. The van der Waals surface area contributed by atoms with Gasteiger partial charge in [-0.2, -0.15) is 4.80 Å². The second kappa shape index (κ2) is 16.1. The Morgan fingerprint density at radius 2 is 1.62 bits per heavy atom. The number of rotatable bonds is 13.